The standard InChI is InChI=1S/C9H18N2O3S/c1-15-3-2-6(10)9(14)11-4-7(12)8(13)5-11/h6-8,12-13H,2-5,10H2,1H3/t6-,7?,8?/m0/s1. The van der Waals surface area contributed by atoms with Crippen molar-refractivity contribution in [3.05, 3.63) is 0 Å². The predicted octanol–water partition coefficient (Wildman–Crippen LogP) is -1.37. The summed E-state index contributed by atoms with van der Waals surface area (Å²) in [6.07, 6.45) is 0.923. The number of hydrogen-bond acceptors (Lipinski definition) is 5. The smallest absolute Gasteiger partial charge is 0.239 e. The number of nitrogens with zero attached hydrogens (tertiary/aromatic N) is 1. The van der Waals surface area contributed by atoms with Crippen molar-refractivity contribution < 1.29 is 15.0 Å². The molecule has 0 aromatic heterocycles. The molecule has 1 rings (SSSR count). The van der Waals surface area contributed by atoms with Crippen LogP contribution in [-0.2, 0) is 4.79 Å². The Hall–Kier alpha value is -0.300. The Morgan fingerprint density at radius 1 is 1.53 bits per heavy atom. The fraction of sp³-hybridized carbons (Fsp3) is 0.889. The van der Waals surface area contributed by atoms with E-state index in [4.69, 9.17) is 5.73 Å². The van der Waals surface area contributed by atoms with Gasteiger partial charge in [-0.2, -0.15) is 11.8 Å². The van der Waals surface area contributed by atoms with Crippen molar-refractivity contribution in [3.8, 4) is 0 Å². The minimum atomic E-state index is -0.832. The summed E-state index contributed by atoms with van der Waals surface area (Å²) in [6, 6.07) is -0.519. The second kappa shape index (κ2) is 5.69. The molecule has 1 aliphatic rings. The van der Waals surface area contributed by atoms with Crippen molar-refractivity contribution in [3.63, 3.8) is 0 Å². The van der Waals surface area contributed by atoms with E-state index in [0.717, 1.165) is 5.75 Å². The zero-order chi connectivity index (χ0) is 11.4. The summed E-state index contributed by atoms with van der Waals surface area (Å²) in [7, 11) is 0. The van der Waals surface area contributed by atoms with Gasteiger partial charge in [0.2, 0.25) is 5.91 Å². The first-order chi connectivity index (χ1) is 7.06. The van der Waals surface area contributed by atoms with Crippen molar-refractivity contribution in [2.45, 2.75) is 24.7 Å². The molecule has 1 aliphatic heterocycles. The normalized spacial score (nSPS) is 28.1. The summed E-state index contributed by atoms with van der Waals surface area (Å²) in [5.41, 5.74) is 5.71. The summed E-state index contributed by atoms with van der Waals surface area (Å²) < 4.78 is 0. The molecule has 5 nitrogen and oxygen atoms in total. The van der Waals surface area contributed by atoms with Crippen LogP contribution in [0.2, 0.25) is 0 Å². The Bertz CT molecular complexity index is 217. The van der Waals surface area contributed by atoms with Gasteiger partial charge in [-0.25, -0.2) is 0 Å². The van der Waals surface area contributed by atoms with E-state index in [1.165, 1.54) is 4.90 Å². The number of nitrogens with two attached hydrogens (primary N) is 1. The first kappa shape index (κ1) is 12.8. The van der Waals surface area contributed by atoms with Gasteiger partial charge < -0.3 is 20.8 Å². The highest BCUT2D eigenvalue weighted by Crippen LogP contribution is 2.12. The lowest BCUT2D eigenvalue weighted by molar-refractivity contribution is -0.132. The molecule has 3 atom stereocenters. The van der Waals surface area contributed by atoms with Crippen LogP contribution in [0.4, 0.5) is 0 Å². The third-order valence-corrected chi connectivity index (χ3v) is 3.16. The predicted molar refractivity (Wildman–Crippen MR) is 59.6 cm³/mol. The van der Waals surface area contributed by atoms with Crippen LogP contribution in [0.15, 0.2) is 0 Å². The first-order valence-corrected chi connectivity index (χ1v) is 6.35. The van der Waals surface area contributed by atoms with E-state index in [1.807, 2.05) is 6.26 Å². The zero-order valence-electron chi connectivity index (χ0n) is 8.80. The average Bonchev–Trinajstić information content (AvgIpc) is 2.54. The maximum absolute atomic E-state index is 11.7. The number of β-amino-alcohol motifs (C(OH)–C–C–N with tert-alkyl or cyclic N) is 2. The van der Waals surface area contributed by atoms with Crippen molar-refractivity contribution in [2.75, 3.05) is 25.1 Å². The number of hydrogen-bond donors (Lipinski definition) is 3. The van der Waals surface area contributed by atoms with Gasteiger partial charge in [0.05, 0.1) is 18.2 Å². The maximum atomic E-state index is 11.7. The monoisotopic (exact) mass is 234 g/mol. The van der Waals surface area contributed by atoms with Gasteiger partial charge in [-0.1, -0.05) is 0 Å². The molecule has 0 saturated carbocycles. The van der Waals surface area contributed by atoms with Crippen LogP contribution in [0, 0.1) is 0 Å². The molecular formula is C9H18N2O3S. The molecule has 0 bridgehead atoms. The number of thioether (sulfide) groups is 1. The molecule has 1 fully saturated rings. The first-order valence-electron chi connectivity index (χ1n) is 4.95. The maximum Gasteiger partial charge on any atom is 0.239 e. The fourth-order valence-corrected chi connectivity index (χ4v) is 2.04. The number of carbonyl (C=O) groups is 1. The van der Waals surface area contributed by atoms with E-state index in [9.17, 15) is 15.0 Å². The van der Waals surface area contributed by atoms with Crippen LogP contribution < -0.4 is 5.73 Å². The second-order valence-corrected chi connectivity index (χ2v) is 4.75. The Balaban J connectivity index is 2.40. The molecule has 0 aliphatic carbocycles. The van der Waals surface area contributed by atoms with Gasteiger partial charge in [-0.3, -0.25) is 4.79 Å². The highest BCUT2D eigenvalue weighted by Gasteiger charge is 2.34. The molecule has 1 heterocycles. The lowest BCUT2D eigenvalue weighted by atomic mass is 10.2. The highest BCUT2D eigenvalue weighted by molar-refractivity contribution is 7.98. The molecule has 88 valence electrons. The van der Waals surface area contributed by atoms with Crippen LogP contribution in [0.1, 0.15) is 6.42 Å². The van der Waals surface area contributed by atoms with Gasteiger partial charge in [0.25, 0.3) is 0 Å². The molecule has 6 heteroatoms. The molecule has 0 radical (unpaired) electrons. The van der Waals surface area contributed by atoms with Gasteiger partial charge in [0.1, 0.15) is 0 Å². The molecular weight excluding hydrogens is 216 g/mol. The van der Waals surface area contributed by atoms with E-state index in [1.54, 1.807) is 11.8 Å². The van der Waals surface area contributed by atoms with Crippen molar-refractivity contribution in [2.24, 2.45) is 5.73 Å². The van der Waals surface area contributed by atoms with Crippen molar-refractivity contribution in [1.29, 1.82) is 0 Å². The summed E-state index contributed by atoms with van der Waals surface area (Å²) in [4.78, 5) is 13.1. The van der Waals surface area contributed by atoms with Crippen LogP contribution in [0.3, 0.4) is 0 Å². The fourth-order valence-electron chi connectivity index (χ4n) is 1.55. The number of likely N-dealkylation sites (tertiary alicyclic amines) is 1. The summed E-state index contributed by atoms with van der Waals surface area (Å²) in [6.45, 7) is 0.375. The molecule has 15 heavy (non-hydrogen) atoms. The number of aliphatic hydroxyl groups excluding tert-OH is 2. The summed E-state index contributed by atoms with van der Waals surface area (Å²) in [5.74, 6) is 0.658. The van der Waals surface area contributed by atoms with Crippen molar-refractivity contribution in [1.82, 2.24) is 4.90 Å². The molecule has 1 amide bonds. The minimum absolute atomic E-state index is 0.181. The molecule has 1 saturated heterocycles. The molecule has 0 aromatic rings. The third kappa shape index (κ3) is 3.34. The number of aliphatic hydroxyl groups is 2. The SMILES string of the molecule is CSCC[C@H](N)C(=O)N1CC(O)C(O)C1. The van der Waals surface area contributed by atoms with Gasteiger partial charge in [0.15, 0.2) is 0 Å². The lowest BCUT2D eigenvalue weighted by Crippen LogP contribution is -2.43. The summed E-state index contributed by atoms with van der Waals surface area (Å²) in [5, 5.41) is 18.6. The van der Waals surface area contributed by atoms with Gasteiger partial charge in [0, 0.05) is 13.1 Å². The average molecular weight is 234 g/mol. The number of amides is 1. The Kier molecular flexibility index (Phi) is 4.85. The van der Waals surface area contributed by atoms with Crippen molar-refractivity contribution >= 4 is 17.7 Å². The topological polar surface area (TPSA) is 86.8 Å². The van der Waals surface area contributed by atoms with E-state index in [0.29, 0.717) is 6.42 Å². The van der Waals surface area contributed by atoms with Gasteiger partial charge in [-0.15, -0.1) is 0 Å². The molecule has 4 N–H and O–H groups in total. The number of carbonyl (C=O) groups excluding carboxylic acids is 1. The minimum Gasteiger partial charge on any atom is -0.388 e. The number of rotatable bonds is 4. The quantitative estimate of drug-likeness (QED) is 0.559. The van der Waals surface area contributed by atoms with E-state index in [-0.39, 0.29) is 19.0 Å². The largest absolute Gasteiger partial charge is 0.388 e. The third-order valence-electron chi connectivity index (χ3n) is 2.52. The Morgan fingerprint density at radius 2 is 2.07 bits per heavy atom. The van der Waals surface area contributed by atoms with Crippen LogP contribution in [0.5, 0.6) is 0 Å². The van der Waals surface area contributed by atoms with Crippen LogP contribution in [0.25, 0.3) is 0 Å². The van der Waals surface area contributed by atoms with Gasteiger partial charge >= 0.3 is 0 Å². The van der Waals surface area contributed by atoms with E-state index in [2.05, 4.69) is 0 Å². The lowest BCUT2D eigenvalue weighted by Gasteiger charge is -2.19. The molecule has 0 aromatic carbocycles. The molecule has 2 unspecified atom stereocenters. The Morgan fingerprint density at radius 3 is 2.53 bits per heavy atom. The zero-order valence-corrected chi connectivity index (χ0v) is 9.61. The van der Waals surface area contributed by atoms with E-state index < -0.39 is 18.2 Å². The van der Waals surface area contributed by atoms with Gasteiger partial charge in [-0.05, 0) is 18.4 Å². The highest BCUT2D eigenvalue weighted by atomic mass is 32.2. The van der Waals surface area contributed by atoms with E-state index >= 15 is 0 Å². The summed E-state index contributed by atoms with van der Waals surface area (Å²) >= 11 is 1.64. The van der Waals surface area contributed by atoms with Crippen LogP contribution in [-0.4, -0.2) is 64.4 Å². The van der Waals surface area contributed by atoms with Crippen LogP contribution >= 0.6 is 11.8 Å². The second-order valence-electron chi connectivity index (χ2n) is 3.77. The molecule has 0 spiro atoms. The Labute approximate surface area is 93.6 Å².